The van der Waals surface area contributed by atoms with E-state index in [1.807, 2.05) is 36.4 Å². The maximum atomic E-state index is 9.37. The quantitative estimate of drug-likeness (QED) is 0.107. The summed E-state index contributed by atoms with van der Waals surface area (Å²) in [5.41, 5.74) is 1.40. The molecule has 2 aromatic carbocycles. The SMILES string of the molecule is CC(=[OH+])[CH+]C(=[OH+])c1ccccc1.CC(=[OH+])[CH+]C(=[OH+])c1ccccc1.CCN(CC)CC[OH2+].CCN(CC)CC[OH2+].[Ti]. The van der Waals surface area contributed by atoms with Crippen LogP contribution >= 0.6 is 0 Å². The second-order valence-corrected chi connectivity index (χ2v) is 8.63. The molecule has 0 aliphatic heterocycles. The van der Waals surface area contributed by atoms with Gasteiger partial charge in [0.2, 0.25) is 11.1 Å². The van der Waals surface area contributed by atoms with Crippen LogP contribution in [0.1, 0.15) is 52.7 Å². The molecular formula is C32H54N2O6Ti+8. The van der Waals surface area contributed by atoms with Crippen LogP contribution in [0.2, 0.25) is 0 Å². The van der Waals surface area contributed by atoms with Gasteiger partial charge >= 0.3 is 23.1 Å². The molecule has 8 N–H and O–H groups in total. The van der Waals surface area contributed by atoms with E-state index < -0.39 is 0 Å². The Hall–Kier alpha value is -2.59. The number of benzene rings is 2. The third-order valence-corrected chi connectivity index (χ3v) is 5.48. The van der Waals surface area contributed by atoms with Crippen molar-refractivity contribution >= 4 is 23.1 Å². The van der Waals surface area contributed by atoms with Gasteiger partial charge in [-0.15, -0.1) is 0 Å². The molecule has 0 unspecified atom stereocenters. The van der Waals surface area contributed by atoms with Crippen LogP contribution in [0.4, 0.5) is 0 Å². The van der Waals surface area contributed by atoms with E-state index in [2.05, 4.69) is 37.5 Å². The number of ketones is 4. The Morgan fingerprint density at radius 3 is 1.02 bits per heavy atom. The van der Waals surface area contributed by atoms with Crippen molar-refractivity contribution in [3.8, 4) is 0 Å². The largest absolute Gasteiger partial charge is 0.512 e. The fraction of sp³-hybridized carbons (Fsp3) is 0.438. The zero-order chi connectivity index (χ0) is 30.8. The molecule has 0 radical (unpaired) electrons. The standard InChI is InChI=1S/2C10H9O2.2C6H15NO.Ti/c2*1-8(11)7-10(12)9-5-3-2-4-6-9;2*1-3-7(4-2)5-6-8;/h2*2-7H,1H3;2*8H,3-6H2,1-2H3;/q2*+1;;;/p+6. The number of hydrogen-bond acceptors (Lipinski definition) is 2. The van der Waals surface area contributed by atoms with Gasteiger partial charge in [-0.1, -0.05) is 39.8 Å². The van der Waals surface area contributed by atoms with E-state index in [4.69, 9.17) is 19.8 Å². The Labute approximate surface area is 262 Å². The number of likely N-dealkylation sites (N-methyl/N-ethyl adjacent to an activating group) is 2. The van der Waals surface area contributed by atoms with Crippen molar-refractivity contribution in [2.75, 3.05) is 52.5 Å². The molecular weight excluding hydrogens is 556 g/mol. The summed E-state index contributed by atoms with van der Waals surface area (Å²) in [7, 11) is 0. The summed E-state index contributed by atoms with van der Waals surface area (Å²) in [6.45, 7) is 18.7. The summed E-state index contributed by atoms with van der Waals surface area (Å²) in [6.07, 6.45) is 2.63. The van der Waals surface area contributed by atoms with Gasteiger partial charge < -0.3 is 10.2 Å². The Kier molecular flexibility index (Phi) is 30.2. The van der Waals surface area contributed by atoms with Crippen molar-refractivity contribution in [3.63, 3.8) is 0 Å². The van der Waals surface area contributed by atoms with Crippen LogP contribution in [0.15, 0.2) is 60.7 Å². The molecule has 0 aromatic heterocycles. The van der Waals surface area contributed by atoms with E-state index >= 15 is 0 Å². The van der Waals surface area contributed by atoms with Gasteiger partial charge in [0.15, 0.2) is 13.2 Å². The van der Waals surface area contributed by atoms with E-state index in [0.29, 0.717) is 24.3 Å². The van der Waals surface area contributed by atoms with E-state index in [9.17, 15) is 9.59 Å². The first kappa shape index (κ1) is 42.9. The summed E-state index contributed by atoms with van der Waals surface area (Å²) in [6, 6.07) is 18.1. The van der Waals surface area contributed by atoms with Gasteiger partial charge in [-0.3, -0.25) is 19.4 Å². The van der Waals surface area contributed by atoms with E-state index in [-0.39, 0.29) is 44.9 Å². The van der Waals surface area contributed by atoms with Gasteiger partial charge in [-0.2, -0.15) is 0 Å². The minimum atomic E-state index is 0. The van der Waals surface area contributed by atoms with Crippen LogP contribution in [0.25, 0.3) is 0 Å². The predicted molar refractivity (Wildman–Crippen MR) is 171 cm³/mol. The van der Waals surface area contributed by atoms with Crippen molar-refractivity contribution < 1.29 is 51.1 Å². The van der Waals surface area contributed by atoms with Crippen LogP contribution < -0.4 is 0 Å². The van der Waals surface area contributed by atoms with Gasteiger partial charge in [0.05, 0.1) is 26.9 Å². The first-order valence-corrected chi connectivity index (χ1v) is 13.8. The molecule has 0 saturated heterocycles. The third kappa shape index (κ3) is 24.9. The fourth-order valence-corrected chi connectivity index (χ4v) is 3.18. The summed E-state index contributed by atoms with van der Waals surface area (Å²) in [5.74, 6) is 0.346. The van der Waals surface area contributed by atoms with E-state index in [0.717, 1.165) is 39.3 Å². The van der Waals surface area contributed by atoms with Crippen molar-refractivity contribution in [1.82, 2.24) is 9.80 Å². The smallest absolute Gasteiger partial charge is 0.444 e. The molecule has 2 rings (SSSR count). The molecule has 8 nitrogen and oxygen atoms in total. The Morgan fingerprint density at radius 1 is 0.585 bits per heavy atom. The average molecular weight is 611 g/mol. The summed E-state index contributed by atoms with van der Waals surface area (Å²) in [5, 5.41) is 13.8. The number of nitrogens with zero attached hydrogens (tertiary/aromatic N) is 2. The van der Waals surface area contributed by atoms with Crippen molar-refractivity contribution in [2.24, 2.45) is 0 Å². The predicted octanol–water partition coefficient (Wildman–Crippen LogP) is 2.80. The Morgan fingerprint density at radius 2 is 0.854 bits per heavy atom. The maximum absolute atomic E-state index is 9.37. The molecule has 0 spiro atoms. The van der Waals surface area contributed by atoms with Crippen molar-refractivity contribution in [1.29, 1.82) is 0 Å². The molecule has 0 aliphatic rings. The molecule has 9 heteroatoms. The molecule has 2 aromatic rings. The molecule has 0 heterocycles. The maximum Gasteiger partial charge on any atom is 0.512 e. The molecule has 0 amide bonds. The zero-order valence-electron chi connectivity index (χ0n) is 25.8. The minimum Gasteiger partial charge on any atom is -0.444 e. The summed E-state index contributed by atoms with van der Waals surface area (Å²) >= 11 is 0. The van der Waals surface area contributed by atoms with Crippen LogP contribution in [0.5, 0.6) is 0 Å². The molecule has 224 valence electrons. The van der Waals surface area contributed by atoms with Crippen LogP contribution in [0.3, 0.4) is 0 Å². The number of rotatable bonds is 14. The second-order valence-electron chi connectivity index (χ2n) is 8.63. The fourth-order valence-electron chi connectivity index (χ4n) is 3.18. The Bertz CT molecular complexity index is 856. The Balaban J connectivity index is -0.000000476. The van der Waals surface area contributed by atoms with E-state index in [1.54, 1.807) is 24.3 Å². The van der Waals surface area contributed by atoms with Crippen molar-refractivity contribution in [3.05, 3.63) is 84.6 Å². The number of carbonyl (C=O) groups excluding carboxylic acids is 4. The molecule has 0 fully saturated rings. The van der Waals surface area contributed by atoms with Gasteiger partial charge in [0, 0.05) is 46.0 Å². The van der Waals surface area contributed by atoms with Crippen LogP contribution in [-0.4, -0.2) is 115 Å². The molecule has 0 saturated carbocycles. The molecule has 0 atom stereocenters. The molecule has 0 bridgehead atoms. The van der Waals surface area contributed by atoms with Gasteiger partial charge in [-0.25, -0.2) is 9.59 Å². The van der Waals surface area contributed by atoms with E-state index in [1.165, 1.54) is 26.7 Å². The van der Waals surface area contributed by atoms with Crippen LogP contribution in [-0.2, 0) is 21.7 Å². The first-order chi connectivity index (χ1) is 19.1. The summed E-state index contributed by atoms with van der Waals surface area (Å²) in [4.78, 5) is 41.0. The third-order valence-electron chi connectivity index (χ3n) is 5.48. The number of hydrogen-bond donors (Lipinski definition) is 0. The zero-order valence-corrected chi connectivity index (χ0v) is 27.3. The first-order valence-electron chi connectivity index (χ1n) is 13.8. The van der Waals surface area contributed by atoms with Gasteiger partial charge in [0.1, 0.15) is 0 Å². The minimum absolute atomic E-state index is 0. The second kappa shape index (κ2) is 28.9. The summed E-state index contributed by atoms with van der Waals surface area (Å²) < 4.78 is 0. The monoisotopic (exact) mass is 610 g/mol. The topological polar surface area (TPSA) is 138 Å². The molecule has 0 aliphatic carbocycles. The van der Waals surface area contributed by atoms with Crippen LogP contribution in [0, 0.1) is 12.8 Å². The van der Waals surface area contributed by atoms with Gasteiger partial charge in [0.25, 0.3) is 12.8 Å². The van der Waals surface area contributed by atoms with Gasteiger partial charge in [-0.05, 0) is 50.4 Å². The normalized spacial score (nSPS) is 9.41. The van der Waals surface area contributed by atoms with Crippen molar-refractivity contribution in [2.45, 2.75) is 41.5 Å². The average Bonchev–Trinajstić information content (AvgIpc) is 2.96. The molecule has 41 heavy (non-hydrogen) atoms.